The molecular formula is C38H75N3O2. The van der Waals surface area contributed by atoms with Gasteiger partial charge in [0.25, 0.3) is 0 Å². The third kappa shape index (κ3) is 36.9. The number of carboxylic acid groups (broad SMARTS) is 1. The van der Waals surface area contributed by atoms with Crippen molar-refractivity contribution in [1.82, 2.24) is 16.0 Å². The molecule has 0 amide bonds. The van der Waals surface area contributed by atoms with Gasteiger partial charge in [-0.2, -0.15) is 5.12 Å². The summed E-state index contributed by atoms with van der Waals surface area (Å²) < 4.78 is 0. The van der Waals surface area contributed by atoms with Crippen molar-refractivity contribution in [3.05, 3.63) is 24.3 Å². The molecule has 0 saturated heterocycles. The zero-order valence-electron chi connectivity index (χ0n) is 29.0. The highest BCUT2D eigenvalue weighted by Gasteiger charge is 2.08. The maximum absolute atomic E-state index is 11.2. The van der Waals surface area contributed by atoms with Crippen LogP contribution >= 0.6 is 0 Å². The fraction of sp³-hybridized carbons (Fsp3) is 0.868. The molecule has 43 heavy (non-hydrogen) atoms. The molecule has 0 aromatic carbocycles. The summed E-state index contributed by atoms with van der Waals surface area (Å²) in [6.07, 6.45) is 46.1. The highest BCUT2D eigenvalue weighted by molar-refractivity contribution is 5.68. The summed E-state index contributed by atoms with van der Waals surface area (Å²) in [5.74, 6) is -0.804. The second-order valence-corrected chi connectivity index (χ2v) is 12.7. The predicted molar refractivity (Wildman–Crippen MR) is 189 cm³/mol. The second-order valence-electron chi connectivity index (χ2n) is 12.7. The van der Waals surface area contributed by atoms with Crippen LogP contribution in [-0.4, -0.2) is 35.8 Å². The molecule has 0 fully saturated rings. The highest BCUT2D eigenvalue weighted by atomic mass is 16.4. The molecule has 0 aliphatic rings. The van der Waals surface area contributed by atoms with E-state index in [0.717, 1.165) is 25.9 Å². The Labute approximate surface area is 269 Å². The Balaban J connectivity index is 3.54. The van der Waals surface area contributed by atoms with Gasteiger partial charge in [-0.15, -0.1) is 0 Å². The van der Waals surface area contributed by atoms with Crippen LogP contribution in [0.3, 0.4) is 0 Å². The summed E-state index contributed by atoms with van der Waals surface area (Å²) in [7, 11) is 0. The van der Waals surface area contributed by atoms with Crippen LogP contribution in [0.25, 0.3) is 0 Å². The molecular weight excluding hydrogens is 530 g/mol. The summed E-state index contributed by atoms with van der Waals surface area (Å²) in [5, 5.41) is 10.9. The minimum atomic E-state index is -0.804. The van der Waals surface area contributed by atoms with Gasteiger partial charge in [-0.25, -0.2) is 10.9 Å². The predicted octanol–water partition coefficient (Wildman–Crippen LogP) is 11.5. The number of hydrazine groups is 2. The van der Waals surface area contributed by atoms with Gasteiger partial charge in [0.15, 0.2) is 0 Å². The van der Waals surface area contributed by atoms with E-state index in [0.29, 0.717) is 0 Å². The van der Waals surface area contributed by atoms with Crippen molar-refractivity contribution < 1.29 is 9.90 Å². The van der Waals surface area contributed by atoms with Gasteiger partial charge in [-0.3, -0.25) is 4.79 Å². The number of carbonyl (C=O) groups is 1. The lowest BCUT2D eigenvalue weighted by molar-refractivity contribution is -0.140. The molecule has 0 atom stereocenters. The average Bonchev–Trinajstić information content (AvgIpc) is 2.99. The van der Waals surface area contributed by atoms with Crippen LogP contribution in [0, 0.1) is 0 Å². The summed E-state index contributed by atoms with van der Waals surface area (Å²) in [6, 6.07) is 0. The minimum Gasteiger partial charge on any atom is -0.480 e. The first-order valence-electron chi connectivity index (χ1n) is 19.0. The first kappa shape index (κ1) is 41.8. The van der Waals surface area contributed by atoms with E-state index >= 15 is 0 Å². The van der Waals surface area contributed by atoms with E-state index in [1.165, 1.54) is 167 Å². The average molecular weight is 606 g/mol. The Morgan fingerprint density at radius 1 is 0.465 bits per heavy atom. The number of rotatable bonds is 36. The van der Waals surface area contributed by atoms with Gasteiger partial charge in [0, 0.05) is 13.1 Å². The molecule has 0 spiro atoms. The van der Waals surface area contributed by atoms with Crippen molar-refractivity contribution in [2.75, 3.05) is 19.6 Å². The van der Waals surface area contributed by atoms with Crippen LogP contribution in [0.1, 0.15) is 194 Å². The quantitative estimate of drug-likeness (QED) is 0.0376. The van der Waals surface area contributed by atoms with Crippen LogP contribution in [0.15, 0.2) is 24.3 Å². The van der Waals surface area contributed by atoms with Crippen LogP contribution < -0.4 is 10.9 Å². The molecule has 5 heteroatoms. The van der Waals surface area contributed by atoms with E-state index < -0.39 is 5.97 Å². The van der Waals surface area contributed by atoms with E-state index in [9.17, 15) is 9.90 Å². The van der Waals surface area contributed by atoms with Gasteiger partial charge >= 0.3 is 5.97 Å². The topological polar surface area (TPSA) is 64.6 Å². The zero-order valence-corrected chi connectivity index (χ0v) is 29.0. The van der Waals surface area contributed by atoms with E-state index in [1.807, 2.05) is 0 Å². The molecule has 0 aromatic rings. The van der Waals surface area contributed by atoms with Gasteiger partial charge < -0.3 is 5.11 Å². The third-order valence-corrected chi connectivity index (χ3v) is 8.28. The summed E-state index contributed by atoms with van der Waals surface area (Å²) in [5.41, 5.74) is 6.56. The van der Waals surface area contributed by atoms with Crippen LogP contribution in [-0.2, 0) is 4.79 Å². The maximum Gasteiger partial charge on any atom is 0.320 e. The number of hydrogen-bond donors (Lipinski definition) is 3. The van der Waals surface area contributed by atoms with Crippen molar-refractivity contribution in [3.8, 4) is 0 Å². The minimum absolute atomic E-state index is 0.0151. The zero-order chi connectivity index (χ0) is 31.3. The fourth-order valence-electron chi connectivity index (χ4n) is 5.48. The van der Waals surface area contributed by atoms with Crippen molar-refractivity contribution in [3.63, 3.8) is 0 Å². The number of nitrogens with zero attached hydrogens (tertiary/aromatic N) is 1. The molecule has 0 unspecified atom stereocenters. The smallest absolute Gasteiger partial charge is 0.320 e. The van der Waals surface area contributed by atoms with Crippen molar-refractivity contribution in [2.24, 2.45) is 0 Å². The van der Waals surface area contributed by atoms with Gasteiger partial charge in [0.1, 0.15) is 6.54 Å². The first-order chi connectivity index (χ1) is 21.2. The molecule has 0 aliphatic carbocycles. The number of allylic oxidation sites excluding steroid dienone is 4. The Morgan fingerprint density at radius 3 is 1.05 bits per heavy atom. The lowest BCUT2D eigenvalue weighted by atomic mass is 10.1. The largest absolute Gasteiger partial charge is 0.480 e. The number of hydrogen-bond acceptors (Lipinski definition) is 4. The molecule has 3 N–H and O–H groups in total. The summed E-state index contributed by atoms with van der Waals surface area (Å²) in [6.45, 7) is 6.19. The normalized spacial score (nSPS) is 12.0. The van der Waals surface area contributed by atoms with Crippen molar-refractivity contribution >= 4 is 5.97 Å². The number of nitrogens with one attached hydrogen (secondary N) is 2. The van der Waals surface area contributed by atoms with Gasteiger partial charge in [0.2, 0.25) is 0 Å². The molecule has 0 aromatic heterocycles. The first-order valence-corrected chi connectivity index (χ1v) is 19.0. The monoisotopic (exact) mass is 606 g/mol. The molecule has 0 radical (unpaired) electrons. The van der Waals surface area contributed by atoms with Gasteiger partial charge in [-0.1, -0.05) is 154 Å². The lowest BCUT2D eigenvalue weighted by Crippen LogP contribution is -2.51. The Kier molecular flexibility index (Phi) is 36.0. The second kappa shape index (κ2) is 37.0. The number of aliphatic carboxylic acids is 1. The molecule has 5 nitrogen and oxygen atoms in total. The molecule has 0 heterocycles. The van der Waals surface area contributed by atoms with Gasteiger partial charge in [0.05, 0.1) is 0 Å². The van der Waals surface area contributed by atoms with Crippen molar-refractivity contribution in [1.29, 1.82) is 0 Å². The van der Waals surface area contributed by atoms with E-state index in [1.54, 1.807) is 5.12 Å². The van der Waals surface area contributed by atoms with Crippen LogP contribution in [0.4, 0.5) is 0 Å². The van der Waals surface area contributed by atoms with Crippen LogP contribution in [0.5, 0.6) is 0 Å². The number of unbranched alkanes of at least 4 members (excludes halogenated alkanes) is 24. The summed E-state index contributed by atoms with van der Waals surface area (Å²) >= 11 is 0. The van der Waals surface area contributed by atoms with E-state index in [4.69, 9.17) is 0 Å². The molecule has 0 aliphatic heterocycles. The fourth-order valence-corrected chi connectivity index (χ4v) is 5.48. The van der Waals surface area contributed by atoms with E-state index in [-0.39, 0.29) is 6.54 Å². The summed E-state index contributed by atoms with van der Waals surface area (Å²) in [4.78, 5) is 11.2. The highest BCUT2D eigenvalue weighted by Crippen LogP contribution is 2.11. The SMILES string of the molecule is CCCCCCCC/C=C\CCCCCCCCNN(CC(=O)O)NCCCCCCCC/C=C\CCCCCCCC. The standard InChI is InChI=1S/C38H75N3O2/c1-3-5-7-9-11-13-15-17-19-21-23-25-27-29-31-33-35-39-41(37-38(42)43)40-36-34-32-30-28-26-24-22-20-18-16-14-12-10-8-6-4-2/h17-20,39-40H,3-16,21-37H2,1-2H3,(H,42,43)/b19-17-,20-18-. The molecule has 254 valence electrons. The molecule has 0 bridgehead atoms. The molecule has 0 rings (SSSR count). The van der Waals surface area contributed by atoms with Crippen molar-refractivity contribution in [2.45, 2.75) is 194 Å². The maximum atomic E-state index is 11.2. The lowest BCUT2D eigenvalue weighted by Gasteiger charge is -2.22. The Hall–Kier alpha value is -1.17. The van der Waals surface area contributed by atoms with Gasteiger partial charge in [-0.05, 0) is 64.2 Å². The number of carboxylic acids is 1. The third-order valence-electron chi connectivity index (χ3n) is 8.28. The van der Waals surface area contributed by atoms with Crippen LogP contribution in [0.2, 0.25) is 0 Å². The Morgan fingerprint density at radius 2 is 0.744 bits per heavy atom. The molecule has 0 saturated carbocycles. The van der Waals surface area contributed by atoms with E-state index in [2.05, 4.69) is 49.0 Å². The Bertz CT molecular complexity index is 564.